The van der Waals surface area contributed by atoms with Crippen LogP contribution in [0, 0.1) is 11.3 Å². The van der Waals surface area contributed by atoms with Crippen LogP contribution in [0.2, 0.25) is 0 Å². The van der Waals surface area contributed by atoms with Crippen LogP contribution in [0.4, 0.5) is 0 Å². The maximum Gasteiger partial charge on any atom is 0.0428 e. The second-order valence-electron chi connectivity index (χ2n) is 6.87. The predicted molar refractivity (Wildman–Crippen MR) is 87.9 cm³/mol. The summed E-state index contributed by atoms with van der Waals surface area (Å²) in [5, 5.41) is 0. The Bertz CT molecular complexity index is 404. The van der Waals surface area contributed by atoms with Gasteiger partial charge in [-0.2, -0.15) is 0 Å². The van der Waals surface area contributed by atoms with E-state index in [0.29, 0.717) is 16.2 Å². The first-order chi connectivity index (χ1) is 8.95. The highest BCUT2D eigenvalue weighted by molar-refractivity contribution is 9.09. The van der Waals surface area contributed by atoms with Gasteiger partial charge in [0.1, 0.15) is 0 Å². The molecule has 0 N–H and O–H groups in total. The lowest BCUT2D eigenvalue weighted by molar-refractivity contribution is 0.257. The molecule has 0 aromatic heterocycles. The Labute approximate surface area is 127 Å². The zero-order valence-corrected chi connectivity index (χ0v) is 14.3. The van der Waals surface area contributed by atoms with Crippen LogP contribution in [-0.2, 0) is 0 Å². The van der Waals surface area contributed by atoms with Gasteiger partial charge in [0.05, 0.1) is 0 Å². The minimum absolute atomic E-state index is 0.476. The van der Waals surface area contributed by atoms with Crippen molar-refractivity contribution in [2.45, 2.75) is 64.1 Å². The monoisotopic (exact) mass is 322 g/mol. The summed E-state index contributed by atoms with van der Waals surface area (Å²) in [5.41, 5.74) is 3.40. The van der Waals surface area contributed by atoms with Crippen LogP contribution in [0.1, 0.15) is 75.3 Å². The molecule has 1 saturated carbocycles. The molecule has 0 bridgehead atoms. The summed E-state index contributed by atoms with van der Waals surface area (Å²) in [4.78, 5) is 0.510. The Balaban J connectivity index is 2.14. The third-order valence-electron chi connectivity index (χ3n) is 5.13. The average molecular weight is 323 g/mol. The number of alkyl halides is 1. The molecule has 0 heterocycles. The van der Waals surface area contributed by atoms with Crippen LogP contribution in [0.25, 0.3) is 0 Å². The van der Waals surface area contributed by atoms with Gasteiger partial charge in [0, 0.05) is 4.83 Å². The second-order valence-corrected chi connectivity index (χ2v) is 7.85. The highest BCUT2D eigenvalue weighted by Gasteiger charge is 2.38. The highest BCUT2D eigenvalue weighted by atomic mass is 79.9. The second kappa shape index (κ2) is 5.99. The summed E-state index contributed by atoms with van der Waals surface area (Å²) in [6.45, 7) is 9.41. The molecule has 1 aromatic rings. The van der Waals surface area contributed by atoms with Crippen LogP contribution < -0.4 is 0 Å². The quantitative estimate of drug-likeness (QED) is 0.558. The average Bonchev–Trinajstić information content (AvgIpc) is 2.77. The van der Waals surface area contributed by atoms with Crippen molar-refractivity contribution in [1.82, 2.24) is 0 Å². The fraction of sp³-hybridized carbons (Fsp3) is 0.667. The van der Waals surface area contributed by atoms with Crippen molar-refractivity contribution in [3.05, 3.63) is 35.4 Å². The van der Waals surface area contributed by atoms with Crippen molar-refractivity contribution in [2.75, 3.05) is 0 Å². The molecule has 0 nitrogen and oxygen atoms in total. The van der Waals surface area contributed by atoms with Gasteiger partial charge in [0.15, 0.2) is 0 Å². The molecule has 106 valence electrons. The molecule has 3 unspecified atom stereocenters. The summed E-state index contributed by atoms with van der Waals surface area (Å²) < 4.78 is 0. The SMILES string of the molecule is CCC(C)c1ccc(C(Br)C2CCCC2(C)C)cc1. The molecule has 3 atom stereocenters. The van der Waals surface area contributed by atoms with Crippen LogP contribution in [-0.4, -0.2) is 0 Å². The summed E-state index contributed by atoms with van der Waals surface area (Å²) in [7, 11) is 0. The van der Waals surface area contributed by atoms with E-state index in [1.807, 2.05) is 0 Å². The topological polar surface area (TPSA) is 0 Å². The number of benzene rings is 1. The molecule has 19 heavy (non-hydrogen) atoms. The van der Waals surface area contributed by atoms with Gasteiger partial charge in [-0.3, -0.25) is 0 Å². The lowest BCUT2D eigenvalue weighted by Crippen LogP contribution is -2.21. The van der Waals surface area contributed by atoms with E-state index in [1.165, 1.54) is 36.8 Å². The third kappa shape index (κ3) is 3.24. The molecule has 0 radical (unpaired) electrons. The van der Waals surface area contributed by atoms with Crippen molar-refractivity contribution in [3.63, 3.8) is 0 Å². The smallest absolute Gasteiger partial charge is 0.0428 e. The van der Waals surface area contributed by atoms with Gasteiger partial charge in [-0.05, 0) is 47.6 Å². The lowest BCUT2D eigenvalue weighted by Gasteiger charge is -2.31. The van der Waals surface area contributed by atoms with Crippen LogP contribution in [0.5, 0.6) is 0 Å². The Kier molecular flexibility index (Phi) is 4.76. The summed E-state index contributed by atoms with van der Waals surface area (Å²) in [6.07, 6.45) is 5.32. The number of halogens is 1. The van der Waals surface area contributed by atoms with E-state index in [1.54, 1.807) is 0 Å². The minimum Gasteiger partial charge on any atom is -0.0836 e. The van der Waals surface area contributed by atoms with E-state index in [0.717, 1.165) is 5.92 Å². The predicted octanol–water partition coefficient (Wildman–Crippen LogP) is 6.46. The normalized spacial score (nSPS) is 25.2. The Morgan fingerprint density at radius 3 is 2.26 bits per heavy atom. The van der Waals surface area contributed by atoms with Crippen molar-refractivity contribution in [2.24, 2.45) is 11.3 Å². The molecule has 1 heteroatoms. The number of rotatable bonds is 4. The van der Waals surface area contributed by atoms with Crippen molar-refractivity contribution >= 4 is 15.9 Å². The Hall–Kier alpha value is -0.300. The highest BCUT2D eigenvalue weighted by Crippen LogP contribution is 2.51. The Morgan fingerprint density at radius 1 is 1.21 bits per heavy atom. The summed E-state index contributed by atoms with van der Waals surface area (Å²) >= 11 is 3.97. The van der Waals surface area contributed by atoms with E-state index >= 15 is 0 Å². The molecule has 0 aliphatic heterocycles. The molecule has 0 saturated heterocycles. The fourth-order valence-electron chi connectivity index (χ4n) is 3.37. The largest absolute Gasteiger partial charge is 0.0836 e. The molecule has 1 aliphatic rings. The first-order valence-corrected chi connectivity index (χ1v) is 8.61. The van der Waals surface area contributed by atoms with Gasteiger partial charge in [-0.15, -0.1) is 0 Å². The van der Waals surface area contributed by atoms with Gasteiger partial charge >= 0.3 is 0 Å². The number of hydrogen-bond donors (Lipinski definition) is 0. The summed E-state index contributed by atoms with van der Waals surface area (Å²) in [6, 6.07) is 9.30. The molecule has 1 aromatic carbocycles. The van der Waals surface area contributed by atoms with Crippen LogP contribution in [0.3, 0.4) is 0 Å². The zero-order chi connectivity index (χ0) is 14.0. The summed E-state index contributed by atoms with van der Waals surface area (Å²) in [5.74, 6) is 1.44. The molecule has 2 rings (SSSR count). The van der Waals surface area contributed by atoms with Crippen LogP contribution in [0.15, 0.2) is 24.3 Å². The van der Waals surface area contributed by atoms with Gasteiger partial charge in [-0.25, -0.2) is 0 Å². The first-order valence-electron chi connectivity index (χ1n) is 7.69. The van der Waals surface area contributed by atoms with E-state index in [-0.39, 0.29) is 0 Å². The molecular formula is C18H27Br. The molecule has 1 aliphatic carbocycles. The van der Waals surface area contributed by atoms with Gasteiger partial charge in [0.25, 0.3) is 0 Å². The van der Waals surface area contributed by atoms with E-state index in [2.05, 4.69) is 67.9 Å². The zero-order valence-electron chi connectivity index (χ0n) is 12.7. The van der Waals surface area contributed by atoms with Gasteiger partial charge in [-0.1, -0.05) is 74.3 Å². The maximum absolute atomic E-state index is 3.97. The molecule has 1 fully saturated rings. The standard InChI is InChI=1S/C18H27Br/c1-5-13(2)14-8-10-15(11-9-14)17(19)16-7-6-12-18(16,3)4/h8-11,13,16-17H,5-7,12H2,1-4H3. The fourth-order valence-corrected chi connectivity index (χ4v) is 4.66. The number of hydrogen-bond acceptors (Lipinski definition) is 0. The minimum atomic E-state index is 0.476. The van der Waals surface area contributed by atoms with E-state index in [4.69, 9.17) is 0 Å². The molecule has 0 amide bonds. The van der Waals surface area contributed by atoms with Gasteiger partial charge in [0.2, 0.25) is 0 Å². The maximum atomic E-state index is 3.97. The molecular weight excluding hydrogens is 296 g/mol. The van der Waals surface area contributed by atoms with Crippen molar-refractivity contribution < 1.29 is 0 Å². The van der Waals surface area contributed by atoms with Crippen LogP contribution >= 0.6 is 15.9 Å². The lowest BCUT2D eigenvalue weighted by atomic mass is 9.78. The molecule has 0 spiro atoms. The van der Waals surface area contributed by atoms with E-state index in [9.17, 15) is 0 Å². The van der Waals surface area contributed by atoms with Crippen molar-refractivity contribution in [1.29, 1.82) is 0 Å². The third-order valence-corrected chi connectivity index (χ3v) is 6.30. The van der Waals surface area contributed by atoms with Gasteiger partial charge < -0.3 is 0 Å². The Morgan fingerprint density at radius 2 is 1.79 bits per heavy atom. The van der Waals surface area contributed by atoms with Crippen molar-refractivity contribution in [3.8, 4) is 0 Å². The van der Waals surface area contributed by atoms with E-state index < -0.39 is 0 Å². The first kappa shape index (κ1) is 15.1.